The van der Waals surface area contributed by atoms with Crippen LogP contribution in [-0.2, 0) is 5.41 Å². The first-order valence-electron chi connectivity index (χ1n) is 5.44. The molecule has 1 spiro atoms. The van der Waals surface area contributed by atoms with E-state index in [0.29, 0.717) is 0 Å². The number of fused-ring (bicyclic) bond motifs is 2. The molecule has 0 saturated carbocycles. The molecule has 2 aliphatic rings. The largest absolute Gasteiger partial charge is 0.317 e. The second kappa shape index (κ2) is 3.07. The quantitative estimate of drug-likeness (QED) is 0.679. The lowest BCUT2D eigenvalue weighted by atomic mass is 9.77. The Labute approximate surface area is 88.4 Å². The van der Waals surface area contributed by atoms with Gasteiger partial charge in [0.05, 0.1) is 0 Å². The summed E-state index contributed by atoms with van der Waals surface area (Å²) in [6.45, 7) is 2.07. The van der Waals surface area contributed by atoms with Crippen molar-refractivity contribution in [1.82, 2.24) is 9.88 Å². The molecule has 3 heteroatoms. The highest BCUT2D eigenvalue weighted by molar-refractivity contribution is 5.45. The molecule has 3 heterocycles. The fraction of sp³-hybridized carbons (Fsp3) is 0.417. The van der Waals surface area contributed by atoms with Crippen LogP contribution in [0.4, 0.5) is 0 Å². The van der Waals surface area contributed by atoms with Crippen LogP contribution in [0.25, 0.3) is 6.20 Å². The van der Waals surface area contributed by atoms with Crippen molar-refractivity contribution in [3.8, 4) is 0 Å². The zero-order valence-electron chi connectivity index (χ0n) is 8.57. The maximum atomic E-state index is 11.6. The number of hydrogen-bond donors (Lipinski definition) is 1. The molecule has 1 fully saturated rings. The SMILES string of the molecule is O=c1cccc2n1C=CC21CCNCC1. The molecule has 0 radical (unpaired) electrons. The lowest BCUT2D eigenvalue weighted by Gasteiger charge is -2.32. The summed E-state index contributed by atoms with van der Waals surface area (Å²) in [5, 5.41) is 3.36. The maximum Gasteiger partial charge on any atom is 0.254 e. The molecule has 2 aliphatic heterocycles. The van der Waals surface area contributed by atoms with Crippen LogP contribution in [0.3, 0.4) is 0 Å². The first kappa shape index (κ1) is 8.92. The molecule has 0 unspecified atom stereocenters. The molecular weight excluding hydrogens is 188 g/mol. The smallest absolute Gasteiger partial charge is 0.254 e. The van der Waals surface area contributed by atoms with Crippen molar-refractivity contribution in [3.05, 3.63) is 40.3 Å². The Kier molecular flexibility index (Phi) is 1.83. The van der Waals surface area contributed by atoms with Crippen LogP contribution >= 0.6 is 0 Å². The van der Waals surface area contributed by atoms with Crippen molar-refractivity contribution >= 4 is 6.20 Å². The minimum absolute atomic E-state index is 0.0826. The molecule has 3 rings (SSSR count). The molecule has 0 aromatic carbocycles. The second-order valence-corrected chi connectivity index (χ2v) is 4.34. The van der Waals surface area contributed by atoms with Crippen LogP contribution in [-0.4, -0.2) is 17.7 Å². The summed E-state index contributed by atoms with van der Waals surface area (Å²) in [6.07, 6.45) is 6.31. The topological polar surface area (TPSA) is 34.0 Å². The fourth-order valence-corrected chi connectivity index (χ4v) is 2.66. The van der Waals surface area contributed by atoms with Crippen molar-refractivity contribution < 1.29 is 0 Å². The molecular formula is C12H14N2O. The molecule has 0 aliphatic carbocycles. The number of nitrogens with zero attached hydrogens (tertiary/aromatic N) is 1. The summed E-state index contributed by atoms with van der Waals surface area (Å²) < 4.78 is 1.78. The molecule has 1 aromatic rings. The molecule has 15 heavy (non-hydrogen) atoms. The van der Waals surface area contributed by atoms with E-state index in [1.807, 2.05) is 12.3 Å². The lowest BCUT2D eigenvalue weighted by Crippen LogP contribution is -2.38. The van der Waals surface area contributed by atoms with Crippen molar-refractivity contribution in [2.75, 3.05) is 13.1 Å². The van der Waals surface area contributed by atoms with Gasteiger partial charge in [-0.15, -0.1) is 0 Å². The number of rotatable bonds is 0. The van der Waals surface area contributed by atoms with E-state index in [0.717, 1.165) is 31.6 Å². The molecule has 1 aromatic heterocycles. The van der Waals surface area contributed by atoms with Gasteiger partial charge in [-0.25, -0.2) is 0 Å². The van der Waals surface area contributed by atoms with Crippen molar-refractivity contribution in [3.63, 3.8) is 0 Å². The van der Waals surface area contributed by atoms with Gasteiger partial charge in [-0.2, -0.15) is 0 Å². The van der Waals surface area contributed by atoms with Crippen molar-refractivity contribution in [2.45, 2.75) is 18.3 Å². The Morgan fingerprint density at radius 2 is 2.07 bits per heavy atom. The monoisotopic (exact) mass is 202 g/mol. The predicted octanol–water partition coefficient (Wildman–Crippen LogP) is 0.954. The highest BCUT2D eigenvalue weighted by Crippen LogP contribution is 2.37. The predicted molar refractivity (Wildman–Crippen MR) is 59.8 cm³/mol. The lowest BCUT2D eigenvalue weighted by molar-refractivity contribution is 0.370. The van der Waals surface area contributed by atoms with Gasteiger partial charge in [0.25, 0.3) is 5.56 Å². The Hall–Kier alpha value is -1.35. The normalized spacial score (nSPS) is 21.9. The third-order valence-corrected chi connectivity index (χ3v) is 3.54. The van der Waals surface area contributed by atoms with Crippen LogP contribution in [0.15, 0.2) is 29.1 Å². The van der Waals surface area contributed by atoms with E-state index in [1.165, 1.54) is 0 Å². The number of piperidine rings is 1. The highest BCUT2D eigenvalue weighted by Gasteiger charge is 2.36. The first-order chi connectivity index (χ1) is 7.32. The van der Waals surface area contributed by atoms with Crippen LogP contribution in [0.1, 0.15) is 18.5 Å². The van der Waals surface area contributed by atoms with Gasteiger partial charge in [-0.05, 0) is 32.0 Å². The van der Waals surface area contributed by atoms with Gasteiger partial charge in [-0.1, -0.05) is 12.1 Å². The fourth-order valence-electron chi connectivity index (χ4n) is 2.66. The van der Waals surface area contributed by atoms with E-state index in [4.69, 9.17) is 0 Å². The van der Waals surface area contributed by atoms with Gasteiger partial charge in [0.1, 0.15) is 0 Å². The average Bonchev–Trinajstić information content (AvgIpc) is 2.61. The van der Waals surface area contributed by atoms with Gasteiger partial charge < -0.3 is 5.32 Å². The minimum atomic E-state index is 0.0826. The van der Waals surface area contributed by atoms with E-state index in [1.54, 1.807) is 10.6 Å². The van der Waals surface area contributed by atoms with Gasteiger partial charge in [0.15, 0.2) is 0 Å². The summed E-state index contributed by atoms with van der Waals surface area (Å²) in [5.74, 6) is 0. The number of aromatic nitrogens is 1. The molecule has 78 valence electrons. The summed E-state index contributed by atoms with van der Waals surface area (Å²) in [7, 11) is 0. The van der Waals surface area contributed by atoms with Gasteiger partial charge >= 0.3 is 0 Å². The second-order valence-electron chi connectivity index (χ2n) is 4.34. The van der Waals surface area contributed by atoms with Crippen LogP contribution in [0.5, 0.6) is 0 Å². The van der Waals surface area contributed by atoms with Crippen LogP contribution in [0.2, 0.25) is 0 Å². The third kappa shape index (κ3) is 1.20. The Morgan fingerprint density at radius 3 is 2.87 bits per heavy atom. The minimum Gasteiger partial charge on any atom is -0.317 e. The number of hydrogen-bond acceptors (Lipinski definition) is 2. The molecule has 1 N–H and O–H groups in total. The zero-order chi connectivity index (χ0) is 10.3. The van der Waals surface area contributed by atoms with Crippen molar-refractivity contribution in [1.29, 1.82) is 0 Å². The summed E-state index contributed by atoms with van der Waals surface area (Å²) in [6, 6.07) is 5.56. The van der Waals surface area contributed by atoms with Crippen LogP contribution in [0, 0.1) is 0 Å². The van der Waals surface area contributed by atoms with E-state index in [2.05, 4.69) is 17.5 Å². The molecule has 3 nitrogen and oxygen atoms in total. The first-order valence-corrected chi connectivity index (χ1v) is 5.44. The Bertz CT molecular complexity index is 467. The molecule has 0 bridgehead atoms. The summed E-state index contributed by atoms with van der Waals surface area (Å²) in [4.78, 5) is 11.6. The number of allylic oxidation sites excluding steroid dienone is 1. The van der Waals surface area contributed by atoms with Crippen LogP contribution < -0.4 is 10.9 Å². The zero-order valence-corrected chi connectivity index (χ0v) is 8.57. The molecule has 0 amide bonds. The van der Waals surface area contributed by atoms with Gasteiger partial charge in [0.2, 0.25) is 0 Å². The highest BCUT2D eigenvalue weighted by atomic mass is 16.1. The third-order valence-electron chi connectivity index (χ3n) is 3.54. The molecule has 1 saturated heterocycles. The van der Waals surface area contributed by atoms with E-state index in [-0.39, 0.29) is 11.0 Å². The standard InChI is InChI=1S/C12H14N2O/c15-11-3-1-2-10-12(6-9-14(10)11)4-7-13-8-5-12/h1-3,6,9,13H,4-5,7-8H2. The van der Waals surface area contributed by atoms with Crippen molar-refractivity contribution in [2.24, 2.45) is 0 Å². The Balaban J connectivity index is 2.15. The van der Waals surface area contributed by atoms with E-state index >= 15 is 0 Å². The number of nitrogens with one attached hydrogen (secondary N) is 1. The average molecular weight is 202 g/mol. The van der Waals surface area contributed by atoms with Gasteiger partial charge in [-0.3, -0.25) is 9.36 Å². The summed E-state index contributed by atoms with van der Waals surface area (Å²) in [5.41, 5.74) is 1.36. The molecule has 0 atom stereocenters. The van der Waals surface area contributed by atoms with E-state index in [9.17, 15) is 4.79 Å². The van der Waals surface area contributed by atoms with Gasteiger partial charge in [0, 0.05) is 23.4 Å². The summed E-state index contributed by atoms with van der Waals surface area (Å²) >= 11 is 0. The maximum absolute atomic E-state index is 11.6. The number of pyridine rings is 1. The Morgan fingerprint density at radius 1 is 1.27 bits per heavy atom. The van der Waals surface area contributed by atoms with E-state index < -0.39 is 0 Å².